The first-order valence-electron chi connectivity index (χ1n) is 6.11. The summed E-state index contributed by atoms with van der Waals surface area (Å²) in [5.41, 5.74) is 5.61. The molecule has 1 aliphatic heterocycles. The molecule has 1 fully saturated rings. The average molecular weight is 253 g/mol. The lowest BCUT2D eigenvalue weighted by Gasteiger charge is -2.18. The fourth-order valence-electron chi connectivity index (χ4n) is 2.12. The molecule has 0 radical (unpaired) electrons. The summed E-state index contributed by atoms with van der Waals surface area (Å²) in [7, 11) is 0. The molecule has 2 heterocycles. The van der Waals surface area contributed by atoms with E-state index in [1.807, 2.05) is 24.8 Å². The first kappa shape index (κ1) is 13.0. The van der Waals surface area contributed by atoms with Crippen LogP contribution in [0.1, 0.15) is 37.6 Å². The number of nitrogens with two attached hydrogens (primary N) is 1. The number of carboxylic acid groups (broad SMARTS) is 1. The molecule has 0 amide bonds. The predicted octanol–water partition coefficient (Wildman–Crippen LogP) is 0.786. The van der Waals surface area contributed by atoms with Crippen LogP contribution in [0.5, 0.6) is 0 Å². The van der Waals surface area contributed by atoms with Gasteiger partial charge in [0.2, 0.25) is 0 Å². The van der Waals surface area contributed by atoms with Gasteiger partial charge in [0.15, 0.2) is 5.76 Å². The van der Waals surface area contributed by atoms with Crippen LogP contribution >= 0.6 is 0 Å². The van der Waals surface area contributed by atoms with Gasteiger partial charge in [0, 0.05) is 19.2 Å². The maximum absolute atomic E-state index is 11.0. The smallest absolute Gasteiger partial charge is 0.325 e. The van der Waals surface area contributed by atoms with Gasteiger partial charge in [0.05, 0.1) is 12.2 Å². The van der Waals surface area contributed by atoms with Gasteiger partial charge in [-0.25, -0.2) is 0 Å². The number of hydrogen-bond acceptors (Lipinski definition) is 5. The number of rotatable bonds is 4. The van der Waals surface area contributed by atoms with E-state index < -0.39 is 11.5 Å². The Kier molecular flexibility index (Phi) is 3.41. The molecule has 0 spiro atoms. The summed E-state index contributed by atoms with van der Waals surface area (Å²) in [5, 5.41) is 13.0. The number of nitrogens with zero attached hydrogens (tertiary/aromatic N) is 2. The van der Waals surface area contributed by atoms with Crippen LogP contribution in [-0.4, -0.2) is 39.8 Å². The molecule has 1 saturated heterocycles. The molecule has 100 valence electrons. The minimum atomic E-state index is -1.12. The monoisotopic (exact) mass is 253 g/mol. The molecule has 2 rings (SSSR count). The van der Waals surface area contributed by atoms with Crippen LogP contribution in [0, 0.1) is 0 Å². The Balaban J connectivity index is 1.97. The summed E-state index contributed by atoms with van der Waals surface area (Å²) in [6.45, 7) is 5.67. The molecule has 1 atom stereocenters. The lowest BCUT2D eigenvalue weighted by Crippen LogP contribution is -2.49. The van der Waals surface area contributed by atoms with E-state index in [0.717, 1.165) is 11.5 Å². The molecule has 0 saturated carbocycles. The molecule has 1 aromatic heterocycles. The van der Waals surface area contributed by atoms with Gasteiger partial charge in [-0.05, 0) is 12.3 Å². The lowest BCUT2D eigenvalue weighted by molar-refractivity contribution is -0.142. The van der Waals surface area contributed by atoms with Crippen molar-refractivity contribution in [3.05, 3.63) is 17.5 Å². The number of likely N-dealkylation sites (tertiary alicyclic amines) is 1. The Morgan fingerprint density at radius 3 is 2.94 bits per heavy atom. The van der Waals surface area contributed by atoms with Crippen LogP contribution < -0.4 is 5.73 Å². The molecule has 1 aromatic rings. The molecule has 0 aliphatic carbocycles. The fourth-order valence-corrected chi connectivity index (χ4v) is 2.12. The van der Waals surface area contributed by atoms with Crippen LogP contribution in [0.4, 0.5) is 0 Å². The zero-order valence-electron chi connectivity index (χ0n) is 10.7. The van der Waals surface area contributed by atoms with Crippen LogP contribution in [0.3, 0.4) is 0 Å². The summed E-state index contributed by atoms with van der Waals surface area (Å²) in [6, 6.07) is 1.92. The summed E-state index contributed by atoms with van der Waals surface area (Å²) < 4.78 is 5.24. The van der Waals surface area contributed by atoms with Gasteiger partial charge in [-0.1, -0.05) is 19.0 Å². The van der Waals surface area contributed by atoms with Gasteiger partial charge in [-0.3, -0.25) is 9.69 Å². The molecule has 1 aliphatic rings. The maximum Gasteiger partial charge on any atom is 0.325 e. The number of carbonyl (C=O) groups is 1. The van der Waals surface area contributed by atoms with Crippen molar-refractivity contribution in [1.29, 1.82) is 0 Å². The Morgan fingerprint density at radius 1 is 1.72 bits per heavy atom. The number of carboxylic acids is 1. The van der Waals surface area contributed by atoms with Crippen molar-refractivity contribution >= 4 is 5.97 Å². The highest BCUT2D eigenvalue weighted by Gasteiger charge is 2.41. The van der Waals surface area contributed by atoms with Crippen molar-refractivity contribution in [2.75, 3.05) is 13.1 Å². The van der Waals surface area contributed by atoms with Gasteiger partial charge >= 0.3 is 5.97 Å². The Labute approximate surface area is 106 Å². The molecule has 6 heteroatoms. The Morgan fingerprint density at radius 2 is 2.44 bits per heavy atom. The van der Waals surface area contributed by atoms with Gasteiger partial charge in [0.1, 0.15) is 5.54 Å². The zero-order chi connectivity index (χ0) is 13.3. The quantitative estimate of drug-likeness (QED) is 0.824. The minimum Gasteiger partial charge on any atom is -0.480 e. The molecular formula is C12H19N3O3. The van der Waals surface area contributed by atoms with Gasteiger partial charge < -0.3 is 15.4 Å². The minimum absolute atomic E-state index is 0.327. The van der Waals surface area contributed by atoms with Crippen molar-refractivity contribution in [1.82, 2.24) is 10.1 Å². The Hall–Kier alpha value is -1.40. The van der Waals surface area contributed by atoms with E-state index in [0.29, 0.717) is 32.0 Å². The largest absolute Gasteiger partial charge is 0.480 e. The van der Waals surface area contributed by atoms with Gasteiger partial charge in [-0.2, -0.15) is 0 Å². The number of aliphatic carboxylic acids is 1. The van der Waals surface area contributed by atoms with Crippen molar-refractivity contribution < 1.29 is 14.4 Å². The highest BCUT2D eigenvalue weighted by atomic mass is 16.5. The van der Waals surface area contributed by atoms with Crippen molar-refractivity contribution in [2.24, 2.45) is 5.73 Å². The lowest BCUT2D eigenvalue weighted by atomic mass is 10.0. The molecular weight excluding hydrogens is 234 g/mol. The average Bonchev–Trinajstić information content (AvgIpc) is 2.87. The second kappa shape index (κ2) is 4.70. The summed E-state index contributed by atoms with van der Waals surface area (Å²) in [5.74, 6) is 0.146. The maximum atomic E-state index is 11.0. The summed E-state index contributed by atoms with van der Waals surface area (Å²) >= 11 is 0. The van der Waals surface area contributed by atoms with Crippen LogP contribution in [0.15, 0.2) is 10.6 Å². The van der Waals surface area contributed by atoms with E-state index in [1.165, 1.54) is 0 Å². The number of aromatic nitrogens is 1. The second-order valence-corrected chi connectivity index (χ2v) is 5.29. The van der Waals surface area contributed by atoms with E-state index in [9.17, 15) is 4.79 Å². The third-order valence-corrected chi connectivity index (χ3v) is 3.35. The standard InChI is InChI=1S/C12H19N3O3/c1-8(2)10-5-9(18-14-10)6-15-4-3-12(13,7-15)11(16)17/h5,8H,3-4,6-7,13H2,1-2H3,(H,16,17)/t12-/m1/s1. The predicted molar refractivity (Wildman–Crippen MR) is 65.0 cm³/mol. The van der Waals surface area contributed by atoms with E-state index >= 15 is 0 Å². The third kappa shape index (κ3) is 2.54. The molecule has 0 aromatic carbocycles. The van der Waals surface area contributed by atoms with Crippen LogP contribution in [-0.2, 0) is 11.3 Å². The molecule has 0 unspecified atom stereocenters. The van der Waals surface area contributed by atoms with E-state index in [2.05, 4.69) is 5.16 Å². The topological polar surface area (TPSA) is 92.6 Å². The second-order valence-electron chi connectivity index (χ2n) is 5.29. The van der Waals surface area contributed by atoms with Crippen molar-refractivity contribution in [3.8, 4) is 0 Å². The van der Waals surface area contributed by atoms with Crippen molar-refractivity contribution in [2.45, 2.75) is 38.3 Å². The van der Waals surface area contributed by atoms with Crippen LogP contribution in [0.25, 0.3) is 0 Å². The van der Waals surface area contributed by atoms with E-state index in [4.69, 9.17) is 15.4 Å². The van der Waals surface area contributed by atoms with E-state index in [1.54, 1.807) is 0 Å². The van der Waals surface area contributed by atoms with Crippen LogP contribution in [0.2, 0.25) is 0 Å². The summed E-state index contributed by atoms with van der Waals surface area (Å²) in [6.07, 6.45) is 0.466. The molecule has 0 bridgehead atoms. The Bertz CT molecular complexity index is 444. The number of hydrogen-bond donors (Lipinski definition) is 2. The first-order chi connectivity index (χ1) is 8.40. The highest BCUT2D eigenvalue weighted by molar-refractivity contribution is 5.79. The molecule has 3 N–H and O–H groups in total. The van der Waals surface area contributed by atoms with Gasteiger partial charge in [0.25, 0.3) is 0 Å². The van der Waals surface area contributed by atoms with Crippen molar-refractivity contribution in [3.63, 3.8) is 0 Å². The normalized spacial score (nSPS) is 24.9. The van der Waals surface area contributed by atoms with Gasteiger partial charge in [-0.15, -0.1) is 0 Å². The summed E-state index contributed by atoms with van der Waals surface area (Å²) in [4.78, 5) is 13.0. The molecule has 18 heavy (non-hydrogen) atoms. The fraction of sp³-hybridized carbons (Fsp3) is 0.667. The highest BCUT2D eigenvalue weighted by Crippen LogP contribution is 2.22. The zero-order valence-corrected chi connectivity index (χ0v) is 10.7. The first-order valence-corrected chi connectivity index (χ1v) is 6.11. The SMILES string of the molecule is CC(C)c1cc(CN2CC[C@](N)(C(=O)O)C2)on1. The van der Waals surface area contributed by atoms with E-state index in [-0.39, 0.29) is 0 Å². The molecule has 6 nitrogen and oxygen atoms in total. The third-order valence-electron chi connectivity index (χ3n) is 3.35.